The van der Waals surface area contributed by atoms with Gasteiger partial charge in [0.2, 0.25) is 0 Å². The van der Waals surface area contributed by atoms with E-state index >= 15 is 0 Å². The number of hydrogen-bond donors (Lipinski definition) is 0. The molecule has 0 saturated heterocycles. The second-order valence-electron chi connectivity index (χ2n) is 8.68. The van der Waals surface area contributed by atoms with Crippen molar-refractivity contribution >= 4 is 41.1 Å². The first kappa shape index (κ1) is 21.6. The summed E-state index contributed by atoms with van der Waals surface area (Å²) in [6.45, 7) is 2.06. The van der Waals surface area contributed by atoms with Gasteiger partial charge >= 0.3 is 8.16 Å². The second kappa shape index (κ2) is 8.70. The van der Waals surface area contributed by atoms with Crippen molar-refractivity contribution in [2.24, 2.45) is 0 Å². The number of aryl methyl sites for hydroxylation is 1. The highest BCUT2D eigenvalue weighted by Crippen LogP contribution is 2.40. The van der Waals surface area contributed by atoms with E-state index in [9.17, 15) is 0 Å². The van der Waals surface area contributed by atoms with Gasteiger partial charge in [-0.15, -0.1) is 0 Å². The van der Waals surface area contributed by atoms with E-state index in [0.29, 0.717) is 0 Å². The van der Waals surface area contributed by atoms with Gasteiger partial charge in [0.15, 0.2) is 0 Å². The van der Waals surface area contributed by atoms with Gasteiger partial charge < -0.3 is 8.39 Å². The number of nitrogens with zero attached hydrogens (tertiary/aromatic N) is 3. The minimum absolute atomic E-state index is 0.764. The molecule has 2 aromatic heterocycles. The first-order valence-corrected chi connectivity index (χ1v) is 12.6. The summed E-state index contributed by atoms with van der Waals surface area (Å²) in [6.07, 6.45) is 0. The van der Waals surface area contributed by atoms with Crippen molar-refractivity contribution < 1.29 is 8.39 Å². The monoisotopic (exact) mass is 477 g/mol. The molecule has 0 N–H and O–H groups in total. The quantitative estimate of drug-likeness (QED) is 0.258. The smallest absolute Gasteiger partial charge is 0.309 e. The fourth-order valence-corrected chi connectivity index (χ4v) is 5.37. The van der Waals surface area contributed by atoms with Gasteiger partial charge in [0.25, 0.3) is 0 Å². The van der Waals surface area contributed by atoms with Gasteiger partial charge in [-0.05, 0) is 24.6 Å². The van der Waals surface area contributed by atoms with E-state index in [1.807, 2.05) is 73.4 Å². The Hall–Kier alpha value is -3.92. The van der Waals surface area contributed by atoms with Crippen LogP contribution in [0.1, 0.15) is 5.56 Å². The Labute approximate surface area is 204 Å². The number of benzene rings is 4. The summed E-state index contributed by atoms with van der Waals surface area (Å²) >= 11 is 0. The van der Waals surface area contributed by atoms with Crippen LogP contribution in [0.5, 0.6) is 0 Å². The highest BCUT2D eigenvalue weighted by atomic mass is 31.1. The zero-order valence-electron chi connectivity index (χ0n) is 19.8. The SMILES string of the molecule is Cc1cc2op(N(C)C)oc3ccccc3c2c2nc(-c3ccccc3)c(-c3ccccc3)nc12. The van der Waals surface area contributed by atoms with Gasteiger partial charge in [-0.2, -0.15) is 0 Å². The number of rotatable bonds is 3. The third kappa shape index (κ3) is 3.79. The summed E-state index contributed by atoms with van der Waals surface area (Å²) in [5.74, 6) is 0. The van der Waals surface area contributed by atoms with Crippen LogP contribution in [-0.2, 0) is 0 Å². The third-order valence-electron chi connectivity index (χ3n) is 6.03. The molecular formula is C29H24N3O2P. The Balaban J connectivity index is 1.83. The molecular weight excluding hydrogens is 453 g/mol. The van der Waals surface area contributed by atoms with Crippen molar-refractivity contribution in [3.8, 4) is 22.5 Å². The lowest BCUT2D eigenvalue weighted by molar-refractivity contribution is 0.634. The van der Waals surface area contributed by atoms with Crippen LogP contribution in [0.2, 0.25) is 0 Å². The lowest BCUT2D eigenvalue weighted by Crippen LogP contribution is -2.02. The van der Waals surface area contributed by atoms with Gasteiger partial charge in [0.05, 0.1) is 22.3 Å². The van der Waals surface area contributed by atoms with Crippen molar-refractivity contribution in [2.45, 2.75) is 6.92 Å². The Morgan fingerprint density at radius 1 is 0.657 bits per heavy atom. The summed E-state index contributed by atoms with van der Waals surface area (Å²) in [5, 5.41) is 1.87. The fourth-order valence-electron chi connectivity index (χ4n) is 4.37. The molecule has 1 unspecified atom stereocenters. The van der Waals surface area contributed by atoms with Gasteiger partial charge in [-0.1, -0.05) is 78.9 Å². The van der Waals surface area contributed by atoms with E-state index in [0.717, 1.165) is 61.1 Å². The largest absolute Gasteiger partial charge is 0.408 e. The van der Waals surface area contributed by atoms with Crippen LogP contribution in [-0.4, -0.2) is 24.1 Å². The van der Waals surface area contributed by atoms with Crippen molar-refractivity contribution in [1.82, 2.24) is 9.97 Å². The van der Waals surface area contributed by atoms with Gasteiger partial charge in [-0.25, -0.2) is 14.6 Å². The van der Waals surface area contributed by atoms with E-state index in [1.165, 1.54) is 0 Å². The Morgan fingerprint density at radius 3 is 1.83 bits per heavy atom. The molecule has 6 rings (SSSR count). The van der Waals surface area contributed by atoms with Crippen molar-refractivity contribution in [2.75, 3.05) is 18.8 Å². The molecule has 0 amide bonds. The van der Waals surface area contributed by atoms with Crippen molar-refractivity contribution in [1.29, 1.82) is 0 Å². The molecule has 0 fully saturated rings. The van der Waals surface area contributed by atoms with Crippen LogP contribution in [0.15, 0.2) is 99.4 Å². The standard InChI is InChI=1S/C29H24N3O2P/c1-19-18-24-25(22-16-10-11-17-23(22)33-35(34-24)32(2)3)29-26(19)30-27(20-12-6-4-7-13-20)28(31-29)21-14-8-5-9-15-21/h4-18H,1-3H3. The van der Waals surface area contributed by atoms with Crippen LogP contribution in [0.3, 0.4) is 0 Å². The Bertz CT molecular complexity index is 1730. The van der Waals surface area contributed by atoms with E-state index in [-0.39, 0.29) is 0 Å². The maximum absolute atomic E-state index is 6.45. The van der Waals surface area contributed by atoms with Crippen LogP contribution < -0.4 is 4.67 Å². The van der Waals surface area contributed by atoms with Crippen molar-refractivity contribution in [3.05, 3.63) is 96.6 Å². The summed E-state index contributed by atoms with van der Waals surface area (Å²) in [7, 11) is 2.62. The minimum Gasteiger partial charge on any atom is -0.408 e. The topological polar surface area (TPSA) is 55.3 Å². The average molecular weight is 478 g/mol. The van der Waals surface area contributed by atoms with Gasteiger partial charge in [0, 0.05) is 30.6 Å². The van der Waals surface area contributed by atoms with Gasteiger partial charge in [-0.3, -0.25) is 0 Å². The molecule has 0 spiro atoms. The normalized spacial score (nSPS) is 12.1. The summed E-state index contributed by atoms with van der Waals surface area (Å²) < 4.78 is 14.7. The molecule has 0 bridgehead atoms. The maximum atomic E-state index is 6.45. The first-order valence-electron chi connectivity index (χ1n) is 11.5. The lowest BCUT2D eigenvalue weighted by Gasteiger charge is -2.13. The number of aromatic nitrogens is 2. The molecule has 6 aromatic rings. The second-order valence-corrected chi connectivity index (χ2v) is 10.3. The molecule has 4 aromatic carbocycles. The molecule has 0 aliphatic heterocycles. The van der Waals surface area contributed by atoms with E-state index in [4.69, 9.17) is 18.4 Å². The average Bonchev–Trinajstić information content (AvgIpc) is 3.06. The van der Waals surface area contributed by atoms with E-state index in [1.54, 1.807) is 0 Å². The summed E-state index contributed by atoms with van der Waals surface area (Å²) in [4.78, 5) is 10.5. The molecule has 0 aliphatic carbocycles. The predicted octanol–water partition coefficient (Wildman–Crippen LogP) is 8.07. The zero-order valence-corrected chi connectivity index (χ0v) is 20.7. The lowest BCUT2D eigenvalue weighted by atomic mass is 10.0. The highest BCUT2D eigenvalue weighted by Gasteiger charge is 2.19. The maximum Gasteiger partial charge on any atom is 0.309 e. The van der Waals surface area contributed by atoms with Crippen LogP contribution >= 0.6 is 8.16 Å². The summed E-state index contributed by atoms with van der Waals surface area (Å²) in [5.41, 5.74) is 7.98. The Kier molecular flexibility index (Phi) is 5.37. The molecule has 0 saturated carbocycles. The van der Waals surface area contributed by atoms with Crippen molar-refractivity contribution in [3.63, 3.8) is 0 Å². The number of para-hydroxylation sites is 1. The molecule has 0 aliphatic rings. The van der Waals surface area contributed by atoms with Crippen LogP contribution in [0, 0.1) is 6.92 Å². The molecule has 2 heterocycles. The predicted molar refractivity (Wildman–Crippen MR) is 145 cm³/mol. The number of fused-ring (bicyclic) bond motifs is 5. The molecule has 5 nitrogen and oxygen atoms in total. The third-order valence-corrected chi connectivity index (χ3v) is 7.39. The summed E-state index contributed by atoms with van der Waals surface area (Å²) in [6, 6.07) is 30.6. The molecule has 6 heteroatoms. The van der Waals surface area contributed by atoms with Crippen LogP contribution in [0.25, 0.3) is 55.5 Å². The highest BCUT2D eigenvalue weighted by molar-refractivity contribution is 7.38. The molecule has 35 heavy (non-hydrogen) atoms. The fraction of sp³-hybridized carbons (Fsp3) is 0.103. The van der Waals surface area contributed by atoms with Crippen LogP contribution in [0.4, 0.5) is 0 Å². The molecule has 1 atom stereocenters. The van der Waals surface area contributed by atoms with Gasteiger partial charge in [0.1, 0.15) is 16.7 Å². The van der Waals surface area contributed by atoms with E-state index in [2.05, 4.69) is 43.3 Å². The number of hydrogen-bond acceptors (Lipinski definition) is 5. The first-order chi connectivity index (χ1) is 17.1. The molecule has 0 radical (unpaired) electrons. The Morgan fingerprint density at radius 2 is 1.20 bits per heavy atom. The molecule has 172 valence electrons. The van der Waals surface area contributed by atoms with E-state index < -0.39 is 8.16 Å². The zero-order chi connectivity index (χ0) is 23.9. The minimum atomic E-state index is -1.31.